The lowest BCUT2D eigenvalue weighted by Gasteiger charge is -1.96. The second-order valence-corrected chi connectivity index (χ2v) is 3.05. The number of halogens is 1. The maximum absolute atomic E-state index is 12.5. The standard InChI is InChI=1S/C12H9FNO/c1-9(13)8-10-2-4-11(5-3-10)12-14-6-7-15-12/h2-8H,1H2/b9-8+. The van der Waals surface area contributed by atoms with Gasteiger partial charge < -0.3 is 4.42 Å². The van der Waals surface area contributed by atoms with Gasteiger partial charge in [0.1, 0.15) is 12.1 Å². The molecule has 15 heavy (non-hydrogen) atoms. The Kier molecular flexibility index (Phi) is 2.63. The van der Waals surface area contributed by atoms with E-state index >= 15 is 0 Å². The zero-order valence-corrected chi connectivity index (χ0v) is 7.98. The third-order valence-electron chi connectivity index (χ3n) is 1.91. The van der Waals surface area contributed by atoms with Gasteiger partial charge in [-0.2, -0.15) is 0 Å². The summed E-state index contributed by atoms with van der Waals surface area (Å²) in [4.78, 5) is 4.01. The number of allylic oxidation sites excluding steroid dienone is 1. The number of nitrogens with zero attached hydrogens (tertiary/aromatic N) is 1. The molecule has 2 aromatic rings. The molecule has 0 saturated carbocycles. The quantitative estimate of drug-likeness (QED) is 0.745. The van der Waals surface area contributed by atoms with Crippen molar-refractivity contribution in [1.82, 2.24) is 4.98 Å². The summed E-state index contributed by atoms with van der Waals surface area (Å²) in [6.07, 6.45) is 4.46. The Morgan fingerprint density at radius 3 is 2.60 bits per heavy atom. The molecule has 0 spiro atoms. The van der Waals surface area contributed by atoms with Crippen LogP contribution in [0, 0.1) is 6.92 Å². The summed E-state index contributed by atoms with van der Waals surface area (Å²) in [6.45, 7) is 3.17. The second kappa shape index (κ2) is 4.09. The molecule has 0 aliphatic heterocycles. The van der Waals surface area contributed by atoms with E-state index in [0.717, 1.165) is 11.1 Å². The molecule has 0 bridgehead atoms. The Hall–Kier alpha value is -1.90. The third-order valence-corrected chi connectivity index (χ3v) is 1.91. The van der Waals surface area contributed by atoms with Gasteiger partial charge in [-0.1, -0.05) is 12.1 Å². The lowest BCUT2D eigenvalue weighted by molar-refractivity contribution is 0.574. The minimum absolute atomic E-state index is 0.459. The highest BCUT2D eigenvalue weighted by Gasteiger charge is 2.00. The molecule has 1 radical (unpaired) electrons. The Morgan fingerprint density at radius 2 is 2.07 bits per heavy atom. The first-order valence-corrected chi connectivity index (χ1v) is 4.45. The first kappa shape index (κ1) is 9.65. The molecular weight excluding hydrogens is 193 g/mol. The van der Waals surface area contributed by atoms with Crippen molar-refractivity contribution in [3.63, 3.8) is 0 Å². The Labute approximate surface area is 87.1 Å². The second-order valence-electron chi connectivity index (χ2n) is 3.05. The molecule has 1 aromatic carbocycles. The van der Waals surface area contributed by atoms with Gasteiger partial charge in [0.2, 0.25) is 5.89 Å². The van der Waals surface area contributed by atoms with Crippen molar-refractivity contribution in [2.24, 2.45) is 0 Å². The van der Waals surface area contributed by atoms with Crippen LogP contribution in [0.4, 0.5) is 4.39 Å². The minimum Gasteiger partial charge on any atom is -0.445 e. The zero-order chi connectivity index (χ0) is 10.7. The van der Waals surface area contributed by atoms with Crippen molar-refractivity contribution in [2.45, 2.75) is 0 Å². The van der Waals surface area contributed by atoms with Crippen molar-refractivity contribution in [3.8, 4) is 11.5 Å². The monoisotopic (exact) mass is 202 g/mol. The van der Waals surface area contributed by atoms with Gasteiger partial charge in [-0.15, -0.1) is 0 Å². The Bertz CT molecular complexity index is 453. The highest BCUT2D eigenvalue weighted by molar-refractivity contribution is 5.59. The van der Waals surface area contributed by atoms with E-state index in [0.29, 0.717) is 5.89 Å². The van der Waals surface area contributed by atoms with E-state index in [4.69, 9.17) is 4.42 Å². The Balaban J connectivity index is 2.29. The van der Waals surface area contributed by atoms with Gasteiger partial charge >= 0.3 is 0 Å². The number of aromatic nitrogens is 1. The lowest BCUT2D eigenvalue weighted by Crippen LogP contribution is -1.78. The average Bonchev–Trinajstić information content (AvgIpc) is 2.71. The molecule has 0 saturated heterocycles. The number of benzene rings is 1. The van der Waals surface area contributed by atoms with Crippen LogP contribution in [0.25, 0.3) is 17.5 Å². The molecule has 2 nitrogen and oxygen atoms in total. The molecule has 0 N–H and O–H groups in total. The predicted molar refractivity (Wildman–Crippen MR) is 56.4 cm³/mol. The molecule has 0 atom stereocenters. The van der Waals surface area contributed by atoms with Crippen molar-refractivity contribution in [2.75, 3.05) is 0 Å². The van der Waals surface area contributed by atoms with E-state index < -0.39 is 5.83 Å². The van der Waals surface area contributed by atoms with Gasteiger partial charge in [0.05, 0.1) is 6.20 Å². The van der Waals surface area contributed by atoms with E-state index in [-0.39, 0.29) is 0 Å². The normalized spacial score (nSPS) is 11.7. The van der Waals surface area contributed by atoms with Gasteiger partial charge in [0.25, 0.3) is 0 Å². The maximum Gasteiger partial charge on any atom is 0.225 e. The van der Waals surface area contributed by atoms with Gasteiger partial charge in [-0.3, -0.25) is 0 Å². The highest BCUT2D eigenvalue weighted by Crippen LogP contribution is 2.18. The van der Waals surface area contributed by atoms with Crippen LogP contribution in [-0.4, -0.2) is 4.98 Å². The summed E-state index contributed by atoms with van der Waals surface area (Å²) >= 11 is 0. The molecule has 0 fully saturated rings. The van der Waals surface area contributed by atoms with Gasteiger partial charge in [0, 0.05) is 12.5 Å². The van der Waals surface area contributed by atoms with E-state index in [9.17, 15) is 4.39 Å². The topological polar surface area (TPSA) is 26.0 Å². The minimum atomic E-state index is -0.459. The first-order chi connectivity index (χ1) is 7.25. The predicted octanol–water partition coefficient (Wildman–Crippen LogP) is 3.49. The summed E-state index contributed by atoms with van der Waals surface area (Å²) in [5.41, 5.74) is 1.62. The van der Waals surface area contributed by atoms with Crippen LogP contribution in [0.1, 0.15) is 5.56 Å². The van der Waals surface area contributed by atoms with Crippen molar-refractivity contribution in [1.29, 1.82) is 0 Å². The van der Waals surface area contributed by atoms with Crippen LogP contribution in [0.5, 0.6) is 0 Å². The zero-order valence-electron chi connectivity index (χ0n) is 7.98. The molecular formula is C12H9FNO. The van der Waals surface area contributed by atoms with Crippen LogP contribution >= 0.6 is 0 Å². The first-order valence-electron chi connectivity index (χ1n) is 4.45. The third kappa shape index (κ3) is 2.31. The van der Waals surface area contributed by atoms with Crippen LogP contribution in [0.2, 0.25) is 0 Å². The van der Waals surface area contributed by atoms with Crippen LogP contribution in [0.15, 0.2) is 47.0 Å². The van der Waals surface area contributed by atoms with E-state index in [2.05, 4.69) is 11.9 Å². The summed E-state index contributed by atoms with van der Waals surface area (Å²) in [5.74, 6) is 0.0968. The smallest absolute Gasteiger partial charge is 0.225 e. The molecule has 0 aliphatic rings. The molecule has 0 unspecified atom stereocenters. The molecule has 75 valence electrons. The van der Waals surface area contributed by atoms with E-state index in [1.807, 2.05) is 12.1 Å². The van der Waals surface area contributed by atoms with Crippen molar-refractivity contribution < 1.29 is 8.81 Å². The summed E-state index contributed by atoms with van der Waals surface area (Å²) in [7, 11) is 0. The number of oxazole rings is 1. The Morgan fingerprint density at radius 1 is 1.33 bits per heavy atom. The fourth-order valence-corrected chi connectivity index (χ4v) is 1.27. The van der Waals surface area contributed by atoms with Crippen molar-refractivity contribution >= 4 is 6.08 Å². The fraction of sp³-hybridized carbons (Fsp3) is 0. The molecule has 0 amide bonds. The van der Waals surface area contributed by atoms with Gasteiger partial charge in [0.15, 0.2) is 0 Å². The lowest BCUT2D eigenvalue weighted by atomic mass is 10.1. The van der Waals surface area contributed by atoms with E-state index in [1.165, 1.54) is 12.3 Å². The van der Waals surface area contributed by atoms with Gasteiger partial charge in [-0.05, 0) is 23.8 Å². The maximum atomic E-state index is 12.5. The SMILES string of the molecule is [CH2]/C(F)=C\c1ccc(-c2ncco2)cc1. The summed E-state index contributed by atoms with van der Waals surface area (Å²) in [6, 6.07) is 7.20. The molecule has 0 aliphatic carbocycles. The highest BCUT2D eigenvalue weighted by atomic mass is 19.1. The number of hydrogen-bond donors (Lipinski definition) is 0. The van der Waals surface area contributed by atoms with Crippen molar-refractivity contribution in [3.05, 3.63) is 55.0 Å². The van der Waals surface area contributed by atoms with Crippen LogP contribution in [0.3, 0.4) is 0 Å². The van der Waals surface area contributed by atoms with Gasteiger partial charge in [-0.25, -0.2) is 9.37 Å². The molecule has 3 heteroatoms. The molecule has 1 heterocycles. The molecule has 2 rings (SSSR count). The molecule has 1 aromatic heterocycles. The van der Waals surface area contributed by atoms with Crippen LogP contribution < -0.4 is 0 Å². The van der Waals surface area contributed by atoms with Crippen LogP contribution in [-0.2, 0) is 0 Å². The summed E-state index contributed by atoms with van der Waals surface area (Å²) in [5, 5.41) is 0. The number of rotatable bonds is 2. The largest absolute Gasteiger partial charge is 0.445 e. The summed E-state index contributed by atoms with van der Waals surface area (Å²) < 4.78 is 17.6. The van der Waals surface area contributed by atoms with E-state index in [1.54, 1.807) is 18.3 Å². The number of hydrogen-bond acceptors (Lipinski definition) is 2. The fourth-order valence-electron chi connectivity index (χ4n) is 1.27. The average molecular weight is 202 g/mol.